The minimum Gasteiger partial charge on any atom is -0.494 e. The van der Waals surface area contributed by atoms with Crippen LogP contribution in [0.1, 0.15) is 18.1 Å². The average Bonchev–Trinajstić information content (AvgIpc) is 3.19. The Morgan fingerprint density at radius 2 is 1.78 bits per heavy atom. The molecule has 0 bridgehead atoms. The molecule has 2 aliphatic rings. The van der Waals surface area contributed by atoms with Crippen LogP contribution in [0.5, 0.6) is 5.75 Å². The Balaban J connectivity index is 1.57. The first kappa shape index (κ1) is 17.2. The number of hydrogen-bond acceptors (Lipinski definition) is 6. The number of aryl methyl sites for hydroxylation is 1. The van der Waals surface area contributed by atoms with Gasteiger partial charge in [0, 0.05) is 0 Å². The summed E-state index contributed by atoms with van der Waals surface area (Å²) >= 11 is 0. The monoisotopic (exact) mass is 364 g/mol. The van der Waals surface area contributed by atoms with E-state index in [1.165, 1.54) is 4.90 Å². The molecule has 0 aliphatic carbocycles. The lowest BCUT2D eigenvalue weighted by Crippen LogP contribution is -2.39. The molecule has 2 amide bonds. The Bertz CT molecular complexity index is 910. The van der Waals surface area contributed by atoms with E-state index < -0.39 is 12.1 Å². The molecule has 7 nitrogen and oxygen atoms in total. The third-order valence-corrected chi connectivity index (χ3v) is 4.86. The van der Waals surface area contributed by atoms with Crippen molar-refractivity contribution in [1.82, 2.24) is 5.01 Å². The molecule has 0 unspecified atom stereocenters. The third-order valence-electron chi connectivity index (χ3n) is 4.86. The second-order valence-electron chi connectivity index (χ2n) is 6.56. The number of carbonyl (C=O) groups excluding carboxylic acids is 2. The van der Waals surface area contributed by atoms with Crippen LogP contribution in [0.15, 0.2) is 58.9 Å². The molecule has 138 valence electrons. The van der Waals surface area contributed by atoms with Crippen molar-refractivity contribution >= 4 is 17.5 Å². The molecule has 2 aliphatic heterocycles. The van der Waals surface area contributed by atoms with Gasteiger partial charge < -0.3 is 4.74 Å². The van der Waals surface area contributed by atoms with Crippen LogP contribution in [0, 0.1) is 6.92 Å². The van der Waals surface area contributed by atoms with Crippen molar-refractivity contribution in [3.05, 3.63) is 59.7 Å². The van der Waals surface area contributed by atoms with E-state index in [9.17, 15) is 9.59 Å². The molecule has 2 heterocycles. The summed E-state index contributed by atoms with van der Waals surface area (Å²) < 4.78 is 5.42. The van der Waals surface area contributed by atoms with Gasteiger partial charge in [-0.05, 0) is 49.2 Å². The number of amides is 2. The van der Waals surface area contributed by atoms with E-state index in [1.54, 1.807) is 29.3 Å². The molecule has 0 N–H and O–H groups in total. The zero-order valence-corrected chi connectivity index (χ0v) is 15.2. The van der Waals surface area contributed by atoms with Crippen LogP contribution in [0.2, 0.25) is 0 Å². The highest BCUT2D eigenvalue weighted by Crippen LogP contribution is 2.33. The molecule has 27 heavy (non-hydrogen) atoms. The van der Waals surface area contributed by atoms with E-state index in [4.69, 9.17) is 4.74 Å². The van der Waals surface area contributed by atoms with Crippen molar-refractivity contribution in [2.24, 2.45) is 10.3 Å². The Labute approximate surface area is 157 Å². The van der Waals surface area contributed by atoms with E-state index >= 15 is 0 Å². The smallest absolute Gasteiger partial charge is 0.263 e. The Hall–Kier alpha value is -3.22. The fourth-order valence-corrected chi connectivity index (χ4v) is 3.43. The van der Waals surface area contributed by atoms with Gasteiger partial charge in [0.1, 0.15) is 5.75 Å². The van der Waals surface area contributed by atoms with Crippen LogP contribution in [-0.4, -0.2) is 35.5 Å². The number of fused-ring (bicyclic) bond motifs is 1. The summed E-state index contributed by atoms with van der Waals surface area (Å²) in [7, 11) is 0. The van der Waals surface area contributed by atoms with Gasteiger partial charge in [-0.15, -0.1) is 0 Å². The standard InChI is InChI=1S/C20H20N4O3/c1-3-27-16-10-8-15(9-11-16)24-19(25)17-18(20(24)26)23(22-21-17)12-14-7-5-4-6-13(14)2/h4-11,17-18H,3,12H2,1-2H3/t17-,18+/m0/s1. The fraction of sp³-hybridized carbons (Fsp3) is 0.300. The predicted molar refractivity (Wildman–Crippen MR) is 99.3 cm³/mol. The molecular weight excluding hydrogens is 344 g/mol. The normalized spacial score (nSPS) is 21.1. The number of carbonyl (C=O) groups is 2. The summed E-state index contributed by atoms with van der Waals surface area (Å²) in [6, 6.07) is 13.4. The SMILES string of the molecule is CCOc1ccc(N2C(=O)[C@H]3N=NN(Cc4ccccc4C)[C@H]3C2=O)cc1. The third kappa shape index (κ3) is 2.95. The summed E-state index contributed by atoms with van der Waals surface area (Å²) in [4.78, 5) is 27.0. The minimum absolute atomic E-state index is 0.298. The predicted octanol–water partition coefficient (Wildman–Crippen LogP) is 2.89. The first-order chi connectivity index (χ1) is 13.1. The minimum atomic E-state index is -0.784. The first-order valence-corrected chi connectivity index (χ1v) is 8.92. The Kier molecular flexibility index (Phi) is 4.35. The van der Waals surface area contributed by atoms with Crippen LogP contribution in [0.3, 0.4) is 0 Å². The van der Waals surface area contributed by atoms with Crippen LogP contribution in [0.4, 0.5) is 5.69 Å². The van der Waals surface area contributed by atoms with Gasteiger partial charge in [0.25, 0.3) is 11.8 Å². The Morgan fingerprint density at radius 3 is 2.48 bits per heavy atom. The number of rotatable bonds is 5. The number of nitrogens with zero attached hydrogens (tertiary/aromatic N) is 4. The lowest BCUT2D eigenvalue weighted by Gasteiger charge is -2.21. The number of anilines is 1. The van der Waals surface area contributed by atoms with Crippen LogP contribution in [0.25, 0.3) is 0 Å². The summed E-state index contributed by atoms with van der Waals surface area (Å²) in [5.74, 6) is 0.0549. The molecule has 0 saturated carbocycles. The number of ether oxygens (including phenoxy) is 1. The highest BCUT2D eigenvalue weighted by molar-refractivity contribution is 6.25. The maximum Gasteiger partial charge on any atom is 0.263 e. The molecule has 0 radical (unpaired) electrons. The van der Waals surface area contributed by atoms with Gasteiger partial charge in [0.05, 0.1) is 18.8 Å². The van der Waals surface area contributed by atoms with Gasteiger partial charge in [-0.2, -0.15) is 5.11 Å². The zero-order valence-electron chi connectivity index (χ0n) is 15.2. The van der Waals surface area contributed by atoms with Gasteiger partial charge in [0.15, 0.2) is 12.1 Å². The molecule has 7 heteroatoms. The molecule has 1 fully saturated rings. The molecule has 1 saturated heterocycles. The molecule has 2 aromatic carbocycles. The van der Waals surface area contributed by atoms with Crippen molar-refractivity contribution in [1.29, 1.82) is 0 Å². The summed E-state index contributed by atoms with van der Waals surface area (Å²) in [5.41, 5.74) is 2.68. The van der Waals surface area contributed by atoms with Crippen molar-refractivity contribution in [2.45, 2.75) is 32.5 Å². The molecule has 0 spiro atoms. The summed E-state index contributed by atoms with van der Waals surface area (Å²) in [6.07, 6.45) is 0. The first-order valence-electron chi connectivity index (χ1n) is 8.92. The molecule has 2 atom stereocenters. The van der Waals surface area contributed by atoms with Gasteiger partial charge in [-0.1, -0.05) is 29.5 Å². The largest absolute Gasteiger partial charge is 0.494 e. The second-order valence-corrected chi connectivity index (χ2v) is 6.56. The summed E-state index contributed by atoms with van der Waals surface area (Å²) in [6.45, 7) is 4.90. The maximum atomic E-state index is 13.0. The van der Waals surface area contributed by atoms with E-state index in [2.05, 4.69) is 10.3 Å². The van der Waals surface area contributed by atoms with Gasteiger partial charge in [-0.25, -0.2) is 4.90 Å². The Morgan fingerprint density at radius 1 is 1.04 bits per heavy atom. The highest BCUT2D eigenvalue weighted by Gasteiger charge is 2.54. The summed E-state index contributed by atoms with van der Waals surface area (Å²) in [5, 5.41) is 9.78. The molecule has 2 aromatic rings. The maximum absolute atomic E-state index is 13.0. The van der Waals surface area contributed by atoms with Gasteiger partial charge >= 0.3 is 0 Å². The van der Waals surface area contributed by atoms with Crippen molar-refractivity contribution in [3.8, 4) is 5.75 Å². The number of benzene rings is 2. The highest BCUT2D eigenvalue weighted by atomic mass is 16.5. The zero-order chi connectivity index (χ0) is 19.0. The van der Waals surface area contributed by atoms with Gasteiger partial charge in [-0.3, -0.25) is 14.6 Å². The topological polar surface area (TPSA) is 74.6 Å². The van der Waals surface area contributed by atoms with Crippen molar-refractivity contribution in [3.63, 3.8) is 0 Å². The fourth-order valence-electron chi connectivity index (χ4n) is 3.43. The van der Waals surface area contributed by atoms with Crippen LogP contribution in [-0.2, 0) is 16.1 Å². The van der Waals surface area contributed by atoms with E-state index in [1.807, 2.05) is 38.1 Å². The second kappa shape index (κ2) is 6.83. The molecule has 4 rings (SSSR count). The van der Waals surface area contributed by atoms with Crippen LogP contribution >= 0.6 is 0 Å². The quantitative estimate of drug-likeness (QED) is 0.765. The molecule has 0 aromatic heterocycles. The average molecular weight is 364 g/mol. The number of hydrogen-bond donors (Lipinski definition) is 0. The lowest BCUT2D eigenvalue weighted by molar-refractivity contribution is -0.123. The van der Waals surface area contributed by atoms with Gasteiger partial charge in [0.2, 0.25) is 0 Å². The van der Waals surface area contributed by atoms with Crippen LogP contribution < -0.4 is 9.64 Å². The van der Waals surface area contributed by atoms with E-state index in [0.717, 1.165) is 11.1 Å². The van der Waals surface area contributed by atoms with E-state index in [-0.39, 0.29) is 11.8 Å². The molecular formula is C20H20N4O3. The number of imide groups is 1. The van der Waals surface area contributed by atoms with Crippen molar-refractivity contribution in [2.75, 3.05) is 11.5 Å². The van der Waals surface area contributed by atoms with Crippen molar-refractivity contribution < 1.29 is 14.3 Å². The van der Waals surface area contributed by atoms with E-state index in [0.29, 0.717) is 24.6 Å². The lowest BCUT2D eigenvalue weighted by atomic mass is 10.1.